The number of pyridine rings is 1. The summed E-state index contributed by atoms with van der Waals surface area (Å²) in [6.45, 7) is 1.24. The summed E-state index contributed by atoms with van der Waals surface area (Å²) in [5.41, 5.74) is 7.06. The zero-order chi connectivity index (χ0) is 13.5. The van der Waals surface area contributed by atoms with Gasteiger partial charge < -0.3 is 10.5 Å². The van der Waals surface area contributed by atoms with Gasteiger partial charge in [-0.05, 0) is 58.6 Å². The van der Waals surface area contributed by atoms with Crippen LogP contribution in [0.15, 0.2) is 40.4 Å². The second-order valence-electron chi connectivity index (χ2n) is 4.20. The Morgan fingerprint density at radius 2 is 2.05 bits per heavy atom. The minimum atomic E-state index is 0.00809. The van der Waals surface area contributed by atoms with Crippen LogP contribution in [0.1, 0.15) is 23.0 Å². The van der Waals surface area contributed by atoms with E-state index in [0.29, 0.717) is 6.54 Å². The summed E-state index contributed by atoms with van der Waals surface area (Å²) in [4.78, 5) is 5.19. The third-order valence-electron chi connectivity index (χ3n) is 2.80. The van der Waals surface area contributed by atoms with E-state index in [2.05, 4.69) is 27.0 Å². The summed E-state index contributed by atoms with van der Waals surface area (Å²) in [7, 11) is 0. The minimum Gasteiger partial charge on any atom is -0.371 e. The van der Waals surface area contributed by atoms with Crippen molar-refractivity contribution in [3.8, 4) is 0 Å². The number of hydrogen-bond donors (Lipinski definition) is 1. The molecule has 5 heteroatoms. The van der Waals surface area contributed by atoms with Gasteiger partial charge in [-0.1, -0.05) is 0 Å². The quantitative estimate of drug-likeness (QED) is 0.784. The van der Waals surface area contributed by atoms with E-state index in [1.807, 2.05) is 30.6 Å². The first-order valence-corrected chi connectivity index (χ1v) is 7.86. The lowest BCUT2D eigenvalue weighted by Crippen LogP contribution is -2.15. The monoisotopic (exact) mass is 340 g/mol. The van der Waals surface area contributed by atoms with E-state index in [1.54, 1.807) is 11.3 Å². The van der Waals surface area contributed by atoms with Gasteiger partial charge in [0.1, 0.15) is 6.10 Å². The van der Waals surface area contributed by atoms with Crippen LogP contribution in [0, 0.1) is 0 Å². The van der Waals surface area contributed by atoms with E-state index >= 15 is 0 Å². The molecule has 0 radical (unpaired) electrons. The van der Waals surface area contributed by atoms with Gasteiger partial charge in [-0.3, -0.25) is 4.98 Å². The fourth-order valence-corrected chi connectivity index (χ4v) is 3.30. The molecule has 0 bridgehead atoms. The number of aryl methyl sites for hydroxylation is 1. The maximum Gasteiger partial charge on any atom is 0.104 e. The molecule has 3 nitrogen and oxygen atoms in total. The number of ether oxygens (including phenoxy) is 1. The molecule has 1 atom stereocenters. The van der Waals surface area contributed by atoms with Crippen LogP contribution < -0.4 is 5.73 Å². The van der Waals surface area contributed by atoms with Gasteiger partial charge in [0.2, 0.25) is 0 Å². The zero-order valence-electron chi connectivity index (χ0n) is 10.6. The lowest BCUT2D eigenvalue weighted by Gasteiger charge is -2.14. The molecule has 0 saturated heterocycles. The number of rotatable bonds is 7. The van der Waals surface area contributed by atoms with Gasteiger partial charge in [0.15, 0.2) is 0 Å². The minimum absolute atomic E-state index is 0.00809. The summed E-state index contributed by atoms with van der Waals surface area (Å²) in [6, 6.07) is 8.17. The number of thiophene rings is 1. The van der Waals surface area contributed by atoms with Crippen molar-refractivity contribution >= 4 is 27.3 Å². The second-order valence-corrected chi connectivity index (χ2v) is 6.69. The number of nitrogens with two attached hydrogens (primary N) is 1. The summed E-state index contributed by atoms with van der Waals surface area (Å²) >= 11 is 5.14. The third-order valence-corrected chi connectivity index (χ3v) is 4.52. The molecule has 2 aromatic rings. The Morgan fingerprint density at radius 1 is 1.26 bits per heavy atom. The first kappa shape index (κ1) is 14.7. The maximum absolute atomic E-state index is 5.86. The Hall–Kier alpha value is -0.750. The van der Waals surface area contributed by atoms with Crippen LogP contribution >= 0.6 is 27.3 Å². The molecule has 2 rings (SSSR count). The van der Waals surface area contributed by atoms with E-state index in [4.69, 9.17) is 10.5 Å². The van der Waals surface area contributed by atoms with E-state index in [1.165, 1.54) is 10.4 Å². The lowest BCUT2D eigenvalue weighted by atomic mass is 10.1. The normalized spacial score (nSPS) is 12.5. The van der Waals surface area contributed by atoms with Crippen molar-refractivity contribution in [3.05, 3.63) is 50.9 Å². The first-order chi connectivity index (χ1) is 9.29. The zero-order valence-corrected chi connectivity index (χ0v) is 13.0. The van der Waals surface area contributed by atoms with Crippen molar-refractivity contribution in [2.45, 2.75) is 18.9 Å². The van der Waals surface area contributed by atoms with Crippen LogP contribution in [-0.4, -0.2) is 18.1 Å². The van der Waals surface area contributed by atoms with Gasteiger partial charge >= 0.3 is 0 Å². The molecule has 0 aliphatic rings. The molecule has 0 aliphatic carbocycles. The molecule has 102 valence electrons. The average molecular weight is 341 g/mol. The SMILES string of the molecule is NCC(OCCCc1ccncc1)c1ccc(Br)s1. The molecule has 0 aromatic carbocycles. The van der Waals surface area contributed by atoms with Crippen molar-refractivity contribution in [2.75, 3.05) is 13.2 Å². The Morgan fingerprint density at radius 3 is 2.68 bits per heavy atom. The summed E-state index contributed by atoms with van der Waals surface area (Å²) in [5, 5.41) is 0. The molecular formula is C14H17BrN2OS. The van der Waals surface area contributed by atoms with Gasteiger partial charge in [0.25, 0.3) is 0 Å². The van der Waals surface area contributed by atoms with E-state index < -0.39 is 0 Å². The molecule has 0 amide bonds. The topological polar surface area (TPSA) is 48.1 Å². The van der Waals surface area contributed by atoms with Crippen molar-refractivity contribution in [1.82, 2.24) is 4.98 Å². The van der Waals surface area contributed by atoms with Gasteiger partial charge in [0, 0.05) is 30.4 Å². The summed E-state index contributed by atoms with van der Waals surface area (Å²) in [6.07, 6.45) is 5.65. The van der Waals surface area contributed by atoms with Gasteiger partial charge in [-0.2, -0.15) is 0 Å². The van der Waals surface area contributed by atoms with Gasteiger partial charge in [0.05, 0.1) is 3.79 Å². The fourth-order valence-electron chi connectivity index (χ4n) is 1.82. The first-order valence-electron chi connectivity index (χ1n) is 6.25. The maximum atomic E-state index is 5.86. The summed E-state index contributed by atoms with van der Waals surface area (Å²) < 4.78 is 6.97. The highest BCUT2D eigenvalue weighted by Gasteiger charge is 2.12. The highest BCUT2D eigenvalue weighted by molar-refractivity contribution is 9.11. The van der Waals surface area contributed by atoms with Gasteiger partial charge in [-0.25, -0.2) is 0 Å². The molecule has 2 aromatic heterocycles. The largest absolute Gasteiger partial charge is 0.371 e. The van der Waals surface area contributed by atoms with Crippen LogP contribution in [0.3, 0.4) is 0 Å². The fraction of sp³-hybridized carbons (Fsp3) is 0.357. The van der Waals surface area contributed by atoms with Crippen molar-refractivity contribution in [2.24, 2.45) is 5.73 Å². The van der Waals surface area contributed by atoms with Crippen LogP contribution in [-0.2, 0) is 11.2 Å². The Labute approximate surface area is 125 Å². The predicted octanol–water partition coefficient (Wildman–Crippen LogP) is 3.55. The Balaban J connectivity index is 1.75. The van der Waals surface area contributed by atoms with E-state index in [9.17, 15) is 0 Å². The Kier molecular flexibility index (Phi) is 5.97. The van der Waals surface area contributed by atoms with E-state index in [-0.39, 0.29) is 6.10 Å². The van der Waals surface area contributed by atoms with Gasteiger partial charge in [-0.15, -0.1) is 11.3 Å². The molecule has 0 fully saturated rings. The van der Waals surface area contributed by atoms with Crippen LogP contribution in [0.4, 0.5) is 0 Å². The molecule has 2 N–H and O–H groups in total. The Bertz CT molecular complexity index is 489. The summed E-state index contributed by atoms with van der Waals surface area (Å²) in [5.74, 6) is 0. The number of aromatic nitrogens is 1. The van der Waals surface area contributed by atoms with Crippen LogP contribution in [0.2, 0.25) is 0 Å². The average Bonchev–Trinajstić information content (AvgIpc) is 2.86. The predicted molar refractivity (Wildman–Crippen MR) is 82.3 cm³/mol. The van der Waals surface area contributed by atoms with Crippen LogP contribution in [0.25, 0.3) is 0 Å². The third kappa shape index (κ3) is 4.69. The van der Waals surface area contributed by atoms with Crippen molar-refractivity contribution in [3.63, 3.8) is 0 Å². The highest BCUT2D eigenvalue weighted by Crippen LogP contribution is 2.28. The highest BCUT2D eigenvalue weighted by atomic mass is 79.9. The molecule has 19 heavy (non-hydrogen) atoms. The molecule has 0 spiro atoms. The smallest absolute Gasteiger partial charge is 0.104 e. The molecule has 0 saturated carbocycles. The number of nitrogens with zero attached hydrogens (tertiary/aromatic N) is 1. The second kappa shape index (κ2) is 7.75. The molecule has 1 unspecified atom stereocenters. The number of halogens is 1. The van der Waals surface area contributed by atoms with Crippen LogP contribution in [0.5, 0.6) is 0 Å². The molecule has 0 aliphatic heterocycles. The van der Waals surface area contributed by atoms with Crippen molar-refractivity contribution < 1.29 is 4.74 Å². The lowest BCUT2D eigenvalue weighted by molar-refractivity contribution is 0.0595. The number of hydrogen-bond acceptors (Lipinski definition) is 4. The standard InChI is InChI=1S/C14H17BrN2OS/c15-14-4-3-13(19-14)12(10-16)18-9-1-2-11-5-7-17-8-6-11/h3-8,12H,1-2,9-10,16H2. The van der Waals surface area contributed by atoms with Crippen molar-refractivity contribution in [1.29, 1.82) is 0 Å². The molecule has 2 heterocycles. The van der Waals surface area contributed by atoms with E-state index in [0.717, 1.165) is 23.2 Å². The molecular weight excluding hydrogens is 324 g/mol.